The Morgan fingerprint density at radius 1 is 1.20 bits per heavy atom. The van der Waals surface area contributed by atoms with Gasteiger partial charge in [0.05, 0.1) is 12.3 Å². The monoisotopic (exact) mass is 291 g/mol. The molecule has 0 aliphatic rings. The minimum atomic E-state index is 0.0809. The molecule has 2 aromatic heterocycles. The molecule has 0 aromatic carbocycles. The Morgan fingerprint density at radius 3 is 2.65 bits per heavy atom. The van der Waals surface area contributed by atoms with Crippen molar-refractivity contribution in [1.82, 2.24) is 15.5 Å². The SMILES string of the molecule is CC(C)(C)NCc1ccc(OCCc2cccs2)nn1. The van der Waals surface area contributed by atoms with Gasteiger partial charge in [-0.05, 0) is 38.3 Å². The summed E-state index contributed by atoms with van der Waals surface area (Å²) >= 11 is 1.75. The predicted octanol–water partition coefficient (Wildman–Crippen LogP) is 3.05. The third kappa shape index (κ3) is 5.27. The van der Waals surface area contributed by atoms with E-state index in [4.69, 9.17) is 4.74 Å². The van der Waals surface area contributed by atoms with Gasteiger partial charge in [0.2, 0.25) is 5.88 Å². The maximum absolute atomic E-state index is 5.59. The van der Waals surface area contributed by atoms with Crippen LogP contribution in [0.3, 0.4) is 0 Å². The van der Waals surface area contributed by atoms with Crippen LogP contribution in [0.5, 0.6) is 5.88 Å². The molecule has 0 spiro atoms. The van der Waals surface area contributed by atoms with Crippen molar-refractivity contribution in [3.8, 4) is 5.88 Å². The topological polar surface area (TPSA) is 47.0 Å². The maximum atomic E-state index is 5.59. The molecule has 0 atom stereocenters. The highest BCUT2D eigenvalue weighted by Gasteiger charge is 2.09. The van der Waals surface area contributed by atoms with Crippen LogP contribution in [0.15, 0.2) is 29.6 Å². The zero-order chi connectivity index (χ0) is 14.4. The number of nitrogens with zero attached hydrogens (tertiary/aromatic N) is 2. The number of hydrogen-bond acceptors (Lipinski definition) is 5. The molecule has 0 radical (unpaired) electrons. The molecular weight excluding hydrogens is 270 g/mol. The zero-order valence-corrected chi connectivity index (χ0v) is 13.0. The van der Waals surface area contributed by atoms with E-state index in [9.17, 15) is 0 Å². The Kier molecular flexibility index (Phi) is 5.09. The van der Waals surface area contributed by atoms with E-state index in [0.29, 0.717) is 19.0 Å². The second-order valence-electron chi connectivity index (χ2n) is 5.64. The van der Waals surface area contributed by atoms with Crippen molar-refractivity contribution in [3.63, 3.8) is 0 Å². The van der Waals surface area contributed by atoms with Gasteiger partial charge < -0.3 is 10.1 Å². The Hall–Kier alpha value is -1.46. The lowest BCUT2D eigenvalue weighted by Crippen LogP contribution is -2.35. The average Bonchev–Trinajstić information content (AvgIpc) is 2.90. The minimum absolute atomic E-state index is 0.0809. The zero-order valence-electron chi connectivity index (χ0n) is 12.2. The van der Waals surface area contributed by atoms with Crippen LogP contribution in [0.1, 0.15) is 31.3 Å². The van der Waals surface area contributed by atoms with Crippen molar-refractivity contribution in [2.75, 3.05) is 6.61 Å². The summed E-state index contributed by atoms with van der Waals surface area (Å²) in [6.45, 7) is 7.73. The summed E-state index contributed by atoms with van der Waals surface area (Å²) in [5.41, 5.74) is 1.00. The summed E-state index contributed by atoms with van der Waals surface area (Å²) in [6.07, 6.45) is 0.909. The molecule has 0 aliphatic carbocycles. The lowest BCUT2D eigenvalue weighted by Gasteiger charge is -2.19. The molecule has 20 heavy (non-hydrogen) atoms. The first-order valence-corrected chi connectivity index (χ1v) is 7.64. The quantitative estimate of drug-likeness (QED) is 0.888. The summed E-state index contributed by atoms with van der Waals surface area (Å²) in [4.78, 5) is 1.32. The van der Waals surface area contributed by atoms with E-state index in [2.05, 4.69) is 53.8 Å². The van der Waals surface area contributed by atoms with E-state index in [1.54, 1.807) is 11.3 Å². The molecule has 108 valence electrons. The molecule has 0 bridgehead atoms. The highest BCUT2D eigenvalue weighted by molar-refractivity contribution is 7.09. The third-order valence-electron chi connectivity index (χ3n) is 2.67. The van der Waals surface area contributed by atoms with Gasteiger partial charge in [0.25, 0.3) is 0 Å². The van der Waals surface area contributed by atoms with Gasteiger partial charge in [0.15, 0.2) is 0 Å². The summed E-state index contributed by atoms with van der Waals surface area (Å²) in [6, 6.07) is 7.99. The second kappa shape index (κ2) is 6.81. The van der Waals surface area contributed by atoms with Crippen LogP contribution in [0, 0.1) is 0 Å². The van der Waals surface area contributed by atoms with Gasteiger partial charge in [-0.1, -0.05) is 6.07 Å². The number of ether oxygens (including phenoxy) is 1. The van der Waals surface area contributed by atoms with Crippen molar-refractivity contribution < 1.29 is 4.74 Å². The Bertz CT molecular complexity index is 503. The maximum Gasteiger partial charge on any atom is 0.233 e. The van der Waals surface area contributed by atoms with Crippen molar-refractivity contribution in [2.24, 2.45) is 0 Å². The largest absolute Gasteiger partial charge is 0.476 e. The Labute approximate surface area is 124 Å². The number of rotatable bonds is 6. The van der Waals surface area contributed by atoms with Crippen molar-refractivity contribution >= 4 is 11.3 Å². The molecule has 5 heteroatoms. The molecule has 0 amide bonds. The van der Waals surface area contributed by atoms with Gasteiger partial charge in [-0.15, -0.1) is 16.4 Å². The van der Waals surface area contributed by atoms with E-state index in [1.165, 1.54) is 4.88 Å². The van der Waals surface area contributed by atoms with Gasteiger partial charge >= 0.3 is 0 Å². The molecule has 0 saturated carbocycles. The molecule has 2 aromatic rings. The first kappa shape index (κ1) is 14.9. The van der Waals surface area contributed by atoms with E-state index in [-0.39, 0.29) is 5.54 Å². The van der Waals surface area contributed by atoms with Crippen LogP contribution >= 0.6 is 11.3 Å². The van der Waals surface area contributed by atoms with Crippen LogP contribution in [0.4, 0.5) is 0 Å². The fraction of sp³-hybridized carbons (Fsp3) is 0.467. The molecule has 2 heterocycles. The molecule has 2 rings (SSSR count). The summed E-state index contributed by atoms with van der Waals surface area (Å²) in [7, 11) is 0. The molecular formula is C15H21N3OS. The summed E-state index contributed by atoms with van der Waals surface area (Å²) < 4.78 is 5.59. The van der Waals surface area contributed by atoms with Gasteiger partial charge in [-0.3, -0.25) is 0 Å². The number of thiophene rings is 1. The van der Waals surface area contributed by atoms with Crippen LogP contribution in [0.25, 0.3) is 0 Å². The molecule has 1 N–H and O–H groups in total. The van der Waals surface area contributed by atoms with Crippen LogP contribution in [-0.4, -0.2) is 22.3 Å². The lowest BCUT2D eigenvalue weighted by atomic mass is 10.1. The van der Waals surface area contributed by atoms with Gasteiger partial charge in [0.1, 0.15) is 0 Å². The minimum Gasteiger partial charge on any atom is -0.476 e. The predicted molar refractivity (Wildman–Crippen MR) is 82.1 cm³/mol. The smallest absolute Gasteiger partial charge is 0.233 e. The summed E-state index contributed by atoms with van der Waals surface area (Å²) in [5.74, 6) is 0.584. The van der Waals surface area contributed by atoms with Gasteiger partial charge in [-0.2, -0.15) is 5.10 Å². The fourth-order valence-corrected chi connectivity index (χ4v) is 2.28. The van der Waals surface area contributed by atoms with Crippen molar-refractivity contribution in [2.45, 2.75) is 39.3 Å². The number of nitrogens with one attached hydrogen (secondary N) is 1. The van der Waals surface area contributed by atoms with E-state index >= 15 is 0 Å². The number of aromatic nitrogens is 2. The normalized spacial score (nSPS) is 11.6. The number of hydrogen-bond donors (Lipinski definition) is 1. The van der Waals surface area contributed by atoms with Crippen LogP contribution in [0.2, 0.25) is 0 Å². The van der Waals surface area contributed by atoms with Gasteiger partial charge in [-0.25, -0.2) is 0 Å². The van der Waals surface area contributed by atoms with Crippen molar-refractivity contribution in [1.29, 1.82) is 0 Å². The highest BCUT2D eigenvalue weighted by atomic mass is 32.1. The standard InChI is InChI=1S/C15H21N3OS/c1-15(2,3)16-11-12-6-7-14(18-17-12)19-9-8-13-5-4-10-20-13/h4-7,10,16H,8-9,11H2,1-3H3. The molecule has 0 unspecified atom stereocenters. The molecule has 0 saturated heterocycles. The Balaban J connectivity index is 1.76. The van der Waals surface area contributed by atoms with Crippen molar-refractivity contribution in [3.05, 3.63) is 40.2 Å². The lowest BCUT2D eigenvalue weighted by molar-refractivity contribution is 0.306. The van der Waals surface area contributed by atoms with Gasteiger partial charge in [0, 0.05) is 29.4 Å². The highest BCUT2D eigenvalue weighted by Crippen LogP contribution is 2.11. The van der Waals surface area contributed by atoms with E-state index < -0.39 is 0 Å². The average molecular weight is 291 g/mol. The van der Waals surface area contributed by atoms with E-state index in [1.807, 2.05) is 12.1 Å². The fourth-order valence-electron chi connectivity index (χ4n) is 1.59. The molecule has 0 aliphatic heterocycles. The second-order valence-corrected chi connectivity index (χ2v) is 6.68. The third-order valence-corrected chi connectivity index (χ3v) is 3.61. The van der Waals surface area contributed by atoms with Crippen LogP contribution in [-0.2, 0) is 13.0 Å². The Morgan fingerprint density at radius 2 is 2.05 bits per heavy atom. The first-order valence-electron chi connectivity index (χ1n) is 6.76. The molecule has 0 fully saturated rings. The van der Waals surface area contributed by atoms with Crippen LogP contribution < -0.4 is 10.1 Å². The first-order chi connectivity index (χ1) is 9.53. The molecule has 4 nitrogen and oxygen atoms in total. The van der Waals surface area contributed by atoms with E-state index in [0.717, 1.165) is 12.1 Å². The summed E-state index contributed by atoms with van der Waals surface area (Å²) in [5, 5.41) is 13.7.